The van der Waals surface area contributed by atoms with Crippen molar-refractivity contribution in [3.05, 3.63) is 89.4 Å². The molecule has 1 aliphatic heterocycles. The summed E-state index contributed by atoms with van der Waals surface area (Å²) in [7, 11) is 0. The van der Waals surface area contributed by atoms with E-state index in [0.717, 1.165) is 24.4 Å². The molecule has 10 nitrogen and oxygen atoms in total. The summed E-state index contributed by atoms with van der Waals surface area (Å²) in [5.74, 6) is 0.830. The Balaban J connectivity index is 1.48. The molecule has 4 rings (SSSR count). The SMILES string of the molecule is CCOC(=O)c1ccc(NC(=O)N(CCN2CCOCC2)CC(=O)N(Cc2ccccc2)Cc2ccc(C)o2)cc1. The number of urea groups is 1. The van der Waals surface area contributed by atoms with Crippen molar-refractivity contribution in [2.75, 3.05) is 57.9 Å². The maximum Gasteiger partial charge on any atom is 0.338 e. The monoisotopic (exact) mass is 562 g/mol. The molecular weight excluding hydrogens is 524 g/mol. The highest BCUT2D eigenvalue weighted by Gasteiger charge is 2.24. The number of nitrogens with zero attached hydrogens (tertiary/aromatic N) is 3. The number of ether oxygens (including phenoxy) is 2. The Morgan fingerprint density at radius 2 is 1.66 bits per heavy atom. The van der Waals surface area contributed by atoms with Gasteiger partial charge in [0.1, 0.15) is 18.1 Å². The van der Waals surface area contributed by atoms with E-state index in [1.54, 1.807) is 36.1 Å². The number of morpholine rings is 1. The van der Waals surface area contributed by atoms with Gasteiger partial charge in [-0.3, -0.25) is 9.69 Å². The van der Waals surface area contributed by atoms with E-state index in [1.807, 2.05) is 49.4 Å². The molecule has 1 aromatic heterocycles. The first-order valence-corrected chi connectivity index (χ1v) is 13.9. The Kier molecular flexibility index (Phi) is 10.9. The number of esters is 1. The topological polar surface area (TPSA) is 105 Å². The molecule has 0 aliphatic carbocycles. The van der Waals surface area contributed by atoms with Crippen LogP contribution in [0.25, 0.3) is 0 Å². The van der Waals surface area contributed by atoms with E-state index < -0.39 is 12.0 Å². The Labute approximate surface area is 240 Å². The van der Waals surface area contributed by atoms with Gasteiger partial charge >= 0.3 is 12.0 Å². The van der Waals surface area contributed by atoms with Crippen molar-refractivity contribution in [3.63, 3.8) is 0 Å². The first-order chi connectivity index (χ1) is 19.9. The number of carbonyl (C=O) groups is 3. The number of benzene rings is 2. The van der Waals surface area contributed by atoms with Crippen molar-refractivity contribution in [1.29, 1.82) is 0 Å². The molecular formula is C31H38N4O6. The summed E-state index contributed by atoms with van der Waals surface area (Å²) < 4.78 is 16.2. The maximum absolute atomic E-state index is 13.7. The fourth-order valence-corrected chi connectivity index (χ4v) is 4.50. The smallest absolute Gasteiger partial charge is 0.338 e. The molecule has 1 aliphatic rings. The Morgan fingerprint density at radius 3 is 2.32 bits per heavy atom. The highest BCUT2D eigenvalue weighted by atomic mass is 16.5. The van der Waals surface area contributed by atoms with Gasteiger partial charge in [0.15, 0.2) is 0 Å². The fourth-order valence-electron chi connectivity index (χ4n) is 4.50. The van der Waals surface area contributed by atoms with E-state index in [0.29, 0.717) is 49.9 Å². The molecule has 0 saturated carbocycles. The first-order valence-electron chi connectivity index (χ1n) is 13.9. The van der Waals surface area contributed by atoms with Crippen LogP contribution in [-0.2, 0) is 27.4 Å². The Morgan fingerprint density at radius 1 is 0.927 bits per heavy atom. The quantitative estimate of drug-likeness (QED) is 0.331. The van der Waals surface area contributed by atoms with Crippen molar-refractivity contribution in [2.45, 2.75) is 26.9 Å². The predicted octanol–water partition coefficient (Wildman–Crippen LogP) is 4.16. The molecule has 0 bridgehead atoms. The molecule has 3 amide bonds. The van der Waals surface area contributed by atoms with Gasteiger partial charge in [-0.25, -0.2) is 9.59 Å². The highest BCUT2D eigenvalue weighted by molar-refractivity contribution is 5.94. The fraction of sp³-hybridized carbons (Fsp3) is 0.387. The van der Waals surface area contributed by atoms with Gasteiger partial charge in [0.25, 0.3) is 0 Å². The van der Waals surface area contributed by atoms with Crippen molar-refractivity contribution in [2.24, 2.45) is 0 Å². The lowest BCUT2D eigenvalue weighted by Crippen LogP contribution is -2.48. The van der Waals surface area contributed by atoms with Crippen LogP contribution < -0.4 is 5.32 Å². The molecule has 41 heavy (non-hydrogen) atoms. The number of carbonyl (C=O) groups excluding carboxylic acids is 3. The molecule has 1 N–H and O–H groups in total. The second kappa shape index (κ2) is 15.0. The number of furan rings is 1. The van der Waals surface area contributed by atoms with Gasteiger partial charge in [-0.05, 0) is 55.8 Å². The van der Waals surface area contributed by atoms with E-state index >= 15 is 0 Å². The maximum atomic E-state index is 13.7. The number of aryl methyl sites for hydroxylation is 1. The third-order valence-electron chi connectivity index (χ3n) is 6.76. The zero-order valence-corrected chi connectivity index (χ0v) is 23.7. The van der Waals surface area contributed by atoms with Gasteiger partial charge in [-0.2, -0.15) is 0 Å². The molecule has 2 heterocycles. The van der Waals surface area contributed by atoms with E-state index in [-0.39, 0.29) is 25.6 Å². The van der Waals surface area contributed by atoms with Gasteiger partial charge in [-0.1, -0.05) is 30.3 Å². The molecule has 218 valence electrons. The van der Waals surface area contributed by atoms with Gasteiger partial charge in [0.05, 0.1) is 31.9 Å². The minimum atomic E-state index is -0.423. The summed E-state index contributed by atoms with van der Waals surface area (Å²) in [6, 6.07) is 19.6. The summed E-state index contributed by atoms with van der Waals surface area (Å²) in [5.41, 5.74) is 1.89. The van der Waals surface area contributed by atoms with Crippen LogP contribution in [0, 0.1) is 6.92 Å². The Hall–Kier alpha value is -4.15. The summed E-state index contributed by atoms with van der Waals surface area (Å²) in [4.78, 5) is 44.7. The number of nitrogens with one attached hydrogen (secondary N) is 1. The number of hydrogen-bond donors (Lipinski definition) is 1. The number of hydrogen-bond acceptors (Lipinski definition) is 7. The summed E-state index contributed by atoms with van der Waals surface area (Å²) in [6.45, 7) is 8.26. The average Bonchev–Trinajstić information content (AvgIpc) is 3.40. The lowest BCUT2D eigenvalue weighted by atomic mass is 10.2. The van der Waals surface area contributed by atoms with Gasteiger partial charge in [-0.15, -0.1) is 0 Å². The number of anilines is 1. The van der Waals surface area contributed by atoms with Crippen LogP contribution in [0.2, 0.25) is 0 Å². The van der Waals surface area contributed by atoms with Crippen molar-refractivity contribution < 1.29 is 28.3 Å². The minimum Gasteiger partial charge on any atom is -0.464 e. The van der Waals surface area contributed by atoms with Crippen molar-refractivity contribution in [3.8, 4) is 0 Å². The lowest BCUT2D eigenvalue weighted by molar-refractivity contribution is -0.133. The van der Waals surface area contributed by atoms with E-state index in [4.69, 9.17) is 13.9 Å². The average molecular weight is 563 g/mol. The van der Waals surface area contributed by atoms with Crippen LogP contribution in [-0.4, -0.2) is 85.2 Å². The summed E-state index contributed by atoms with van der Waals surface area (Å²) >= 11 is 0. The molecule has 0 radical (unpaired) electrons. The van der Waals surface area contributed by atoms with Gasteiger partial charge in [0, 0.05) is 38.4 Å². The number of amides is 3. The zero-order valence-electron chi connectivity index (χ0n) is 23.7. The van der Waals surface area contributed by atoms with Crippen LogP contribution in [0.15, 0.2) is 71.1 Å². The first kappa shape index (κ1) is 29.8. The Bertz CT molecular complexity index is 1270. The molecule has 2 aromatic carbocycles. The molecule has 3 aromatic rings. The molecule has 0 atom stereocenters. The molecule has 1 fully saturated rings. The molecule has 0 spiro atoms. The van der Waals surface area contributed by atoms with Crippen molar-refractivity contribution >= 4 is 23.6 Å². The largest absolute Gasteiger partial charge is 0.464 e. The van der Waals surface area contributed by atoms with Crippen LogP contribution in [0.3, 0.4) is 0 Å². The standard InChI is InChI=1S/C31H38N4O6/c1-3-40-30(37)26-10-12-27(13-11-26)32-31(38)34(16-15-33-17-19-39-20-18-33)23-29(36)35(21-25-7-5-4-6-8-25)22-28-14-9-24(2)41-28/h4-14H,3,15-23H2,1-2H3,(H,32,38). The van der Waals surface area contributed by atoms with Gasteiger partial charge in [0.2, 0.25) is 5.91 Å². The minimum absolute atomic E-state index is 0.108. The van der Waals surface area contributed by atoms with Crippen LogP contribution in [0.4, 0.5) is 10.5 Å². The zero-order chi connectivity index (χ0) is 29.0. The third kappa shape index (κ3) is 9.19. The van der Waals surface area contributed by atoms with E-state index in [1.165, 1.54) is 4.90 Å². The third-order valence-corrected chi connectivity index (χ3v) is 6.76. The second-order valence-corrected chi connectivity index (χ2v) is 9.85. The summed E-state index contributed by atoms with van der Waals surface area (Å²) in [5, 5.41) is 2.88. The van der Waals surface area contributed by atoms with E-state index in [2.05, 4.69) is 10.2 Å². The van der Waals surface area contributed by atoms with E-state index in [9.17, 15) is 14.4 Å². The molecule has 1 saturated heterocycles. The van der Waals surface area contributed by atoms with Crippen molar-refractivity contribution in [1.82, 2.24) is 14.7 Å². The highest BCUT2D eigenvalue weighted by Crippen LogP contribution is 2.15. The van der Waals surface area contributed by atoms with Gasteiger partial charge < -0.3 is 29.0 Å². The van der Waals surface area contributed by atoms with Crippen LogP contribution in [0.1, 0.15) is 34.4 Å². The van der Waals surface area contributed by atoms with Crippen LogP contribution >= 0.6 is 0 Å². The second-order valence-electron chi connectivity index (χ2n) is 9.85. The molecule has 0 unspecified atom stereocenters. The summed E-state index contributed by atoms with van der Waals surface area (Å²) in [6.07, 6.45) is 0. The lowest BCUT2D eigenvalue weighted by Gasteiger charge is -2.31. The molecule has 10 heteroatoms. The number of rotatable bonds is 12. The van der Waals surface area contributed by atoms with Crippen LogP contribution in [0.5, 0.6) is 0 Å². The predicted molar refractivity (Wildman–Crippen MR) is 154 cm³/mol. The normalized spacial score (nSPS) is 13.4.